The van der Waals surface area contributed by atoms with Crippen LogP contribution in [0.4, 0.5) is 22.7 Å². The van der Waals surface area contributed by atoms with Crippen molar-refractivity contribution in [1.82, 2.24) is 0 Å². The molecular weight excluding hydrogens is 621 g/mol. The fraction of sp³-hybridized carbons (Fsp3) is 0.136. The average molecular weight is 655 g/mol. The topological polar surface area (TPSA) is 6.48 Å². The number of nitrogens with zero attached hydrogens (tertiary/aromatic N) is 2. The molecule has 232 valence electrons. The molecule has 6 aromatic carbocycles. The quantitative estimate of drug-likeness (QED) is 0.183. The molecular formula is C44H34N2S2. The zero-order valence-electron chi connectivity index (χ0n) is 27.4. The molecule has 0 bridgehead atoms. The highest BCUT2D eigenvalue weighted by Crippen LogP contribution is 2.60. The van der Waals surface area contributed by atoms with Crippen LogP contribution in [0.25, 0.3) is 22.3 Å². The van der Waals surface area contributed by atoms with Gasteiger partial charge in [0, 0.05) is 32.0 Å². The summed E-state index contributed by atoms with van der Waals surface area (Å²) < 4.78 is 0. The Hall–Kier alpha value is -4.64. The number of para-hydroxylation sites is 2. The van der Waals surface area contributed by atoms with Gasteiger partial charge >= 0.3 is 0 Å². The molecule has 0 saturated carbocycles. The minimum atomic E-state index is -0.0239. The minimum Gasteiger partial charge on any atom is -0.301 e. The lowest BCUT2D eigenvalue weighted by Gasteiger charge is -2.28. The van der Waals surface area contributed by atoms with E-state index in [0.29, 0.717) is 0 Å². The maximum Gasteiger partial charge on any atom is 0.116 e. The third-order valence-electron chi connectivity index (χ3n) is 10.9. The van der Waals surface area contributed by atoms with E-state index in [0.717, 1.165) is 0 Å². The Morgan fingerprint density at radius 1 is 0.396 bits per heavy atom. The summed E-state index contributed by atoms with van der Waals surface area (Å²) in [7, 11) is 0. The molecule has 4 heteroatoms. The minimum absolute atomic E-state index is 0.0239. The van der Waals surface area contributed by atoms with E-state index in [1.54, 1.807) is 0 Å². The Bertz CT molecular complexity index is 2220. The summed E-state index contributed by atoms with van der Waals surface area (Å²) in [5.74, 6) is 0. The van der Waals surface area contributed by atoms with E-state index in [9.17, 15) is 0 Å². The molecule has 2 aliphatic carbocycles. The van der Waals surface area contributed by atoms with Crippen LogP contribution >= 0.6 is 23.5 Å². The van der Waals surface area contributed by atoms with Crippen molar-refractivity contribution >= 4 is 46.3 Å². The molecule has 48 heavy (non-hydrogen) atoms. The second kappa shape index (κ2) is 9.95. The van der Waals surface area contributed by atoms with Crippen LogP contribution in [-0.4, -0.2) is 0 Å². The zero-order chi connectivity index (χ0) is 32.4. The molecule has 4 aliphatic rings. The lowest BCUT2D eigenvalue weighted by atomic mass is 9.82. The Labute approximate surface area is 291 Å². The Morgan fingerprint density at radius 2 is 0.771 bits per heavy atom. The Morgan fingerprint density at radius 3 is 1.23 bits per heavy atom. The molecule has 0 unspecified atom stereocenters. The molecule has 0 spiro atoms. The normalized spacial score (nSPS) is 18.7. The van der Waals surface area contributed by atoms with Gasteiger partial charge in [-0.3, -0.25) is 0 Å². The largest absolute Gasteiger partial charge is 0.301 e. The van der Waals surface area contributed by atoms with Crippen LogP contribution in [0.5, 0.6) is 0 Å². The van der Waals surface area contributed by atoms with Crippen molar-refractivity contribution in [2.75, 3.05) is 9.80 Å². The van der Waals surface area contributed by atoms with Crippen molar-refractivity contribution in [2.45, 2.75) is 48.3 Å². The highest BCUT2D eigenvalue weighted by Gasteiger charge is 2.40. The summed E-state index contributed by atoms with van der Waals surface area (Å²) in [6.07, 6.45) is 0. The van der Waals surface area contributed by atoms with Crippen LogP contribution in [-0.2, 0) is 10.8 Å². The predicted octanol–water partition coefficient (Wildman–Crippen LogP) is 12.6. The highest BCUT2D eigenvalue weighted by atomic mass is 32.2. The van der Waals surface area contributed by atoms with Gasteiger partial charge in [-0.1, -0.05) is 136 Å². The molecule has 6 aromatic rings. The van der Waals surface area contributed by atoms with Crippen LogP contribution in [0.3, 0.4) is 0 Å². The average Bonchev–Trinajstić information content (AvgIpc) is 3.81. The van der Waals surface area contributed by atoms with Crippen molar-refractivity contribution in [1.29, 1.82) is 0 Å². The van der Waals surface area contributed by atoms with Gasteiger partial charge in [-0.2, -0.15) is 0 Å². The van der Waals surface area contributed by atoms with Crippen LogP contribution in [0, 0.1) is 0 Å². The van der Waals surface area contributed by atoms with Crippen LogP contribution < -0.4 is 9.80 Å². The summed E-state index contributed by atoms with van der Waals surface area (Å²) in [4.78, 5) is 7.56. The van der Waals surface area contributed by atoms with Gasteiger partial charge < -0.3 is 9.80 Å². The summed E-state index contributed by atoms with van der Waals surface area (Å²) >= 11 is 3.76. The van der Waals surface area contributed by atoms with Gasteiger partial charge in [-0.05, 0) is 93.0 Å². The summed E-state index contributed by atoms with van der Waals surface area (Å²) in [6, 6.07) is 49.8. The number of hydrogen-bond donors (Lipinski definition) is 0. The molecule has 0 radical (unpaired) electrons. The van der Waals surface area contributed by atoms with Gasteiger partial charge in [-0.15, -0.1) is 0 Å². The third-order valence-corrected chi connectivity index (χ3v) is 13.3. The van der Waals surface area contributed by atoms with Gasteiger partial charge in [0.15, 0.2) is 0 Å². The van der Waals surface area contributed by atoms with Crippen molar-refractivity contribution in [3.63, 3.8) is 0 Å². The van der Waals surface area contributed by atoms with E-state index in [1.807, 2.05) is 23.5 Å². The van der Waals surface area contributed by atoms with E-state index in [2.05, 4.69) is 171 Å². The van der Waals surface area contributed by atoms with E-state index in [4.69, 9.17) is 0 Å². The van der Waals surface area contributed by atoms with Crippen LogP contribution in [0.1, 0.15) is 49.9 Å². The molecule has 2 heterocycles. The summed E-state index contributed by atoms with van der Waals surface area (Å²) in [6.45, 7) is 9.41. The smallest absolute Gasteiger partial charge is 0.116 e. The van der Waals surface area contributed by atoms with Crippen molar-refractivity contribution in [2.24, 2.45) is 0 Å². The van der Waals surface area contributed by atoms with Crippen molar-refractivity contribution in [3.05, 3.63) is 166 Å². The second-order valence-corrected chi connectivity index (χ2v) is 16.3. The number of thioether (sulfide) groups is 2. The zero-order valence-corrected chi connectivity index (χ0v) is 29.0. The van der Waals surface area contributed by atoms with Gasteiger partial charge in [0.1, 0.15) is 10.1 Å². The SMILES string of the molecule is CC1(C)c2ccccc2-c2cc(N3/C(=C4\Sc5ccccc5N4c4ccc5c(c4)-c4ccccc4C5(C)C)Sc4ccccc43)ccc21. The lowest BCUT2D eigenvalue weighted by molar-refractivity contribution is 0.660. The first-order chi connectivity index (χ1) is 23.3. The monoisotopic (exact) mass is 654 g/mol. The van der Waals surface area contributed by atoms with Crippen LogP contribution in [0.2, 0.25) is 0 Å². The van der Waals surface area contributed by atoms with E-state index in [-0.39, 0.29) is 10.8 Å². The van der Waals surface area contributed by atoms with E-state index < -0.39 is 0 Å². The van der Waals surface area contributed by atoms with Gasteiger partial charge in [0.2, 0.25) is 0 Å². The van der Waals surface area contributed by atoms with E-state index in [1.165, 1.54) is 87.1 Å². The van der Waals surface area contributed by atoms with Gasteiger partial charge in [0.05, 0.1) is 11.4 Å². The molecule has 2 aliphatic heterocycles. The number of rotatable bonds is 2. The fourth-order valence-electron chi connectivity index (χ4n) is 8.46. The number of benzene rings is 6. The third kappa shape index (κ3) is 3.79. The van der Waals surface area contributed by atoms with Crippen molar-refractivity contribution in [3.8, 4) is 22.3 Å². The second-order valence-electron chi connectivity index (χ2n) is 14.2. The van der Waals surface area contributed by atoms with E-state index >= 15 is 0 Å². The molecule has 0 atom stereocenters. The van der Waals surface area contributed by atoms with Gasteiger partial charge in [-0.25, -0.2) is 0 Å². The predicted molar refractivity (Wildman–Crippen MR) is 204 cm³/mol. The first kappa shape index (κ1) is 28.4. The first-order valence-electron chi connectivity index (χ1n) is 16.7. The number of fused-ring (bicyclic) bond motifs is 8. The maximum absolute atomic E-state index is 2.50. The van der Waals surface area contributed by atoms with Crippen molar-refractivity contribution < 1.29 is 0 Å². The molecule has 0 fully saturated rings. The summed E-state index contributed by atoms with van der Waals surface area (Å²) in [5, 5.41) is 2.48. The standard InChI is InChI=1S/C44H34N2S2/c1-43(2)33-15-7-5-13-29(33)31-25-27(21-23-35(31)43)45-37-17-9-11-19-39(37)47-41(45)42-46(38-18-10-12-20-40(38)48-42)28-22-24-36-32(26-28)30-14-6-8-16-34(30)44(36,3)4/h5-26H,1-4H3/b42-41+. The van der Waals surface area contributed by atoms with Gasteiger partial charge in [0.25, 0.3) is 0 Å². The number of hydrogen-bond acceptors (Lipinski definition) is 4. The summed E-state index contributed by atoms with van der Waals surface area (Å²) in [5.41, 5.74) is 15.8. The Balaban J connectivity index is 1.18. The fourth-order valence-corrected chi connectivity index (χ4v) is 10.9. The molecule has 0 aromatic heterocycles. The Kier molecular flexibility index (Phi) is 5.88. The lowest BCUT2D eigenvalue weighted by Crippen LogP contribution is -2.19. The highest BCUT2D eigenvalue weighted by molar-refractivity contribution is 8.07. The first-order valence-corrected chi connectivity index (χ1v) is 18.3. The molecule has 0 N–H and O–H groups in total. The molecule has 0 amide bonds. The maximum atomic E-state index is 2.50. The molecule has 0 saturated heterocycles. The van der Waals surface area contributed by atoms with Crippen LogP contribution in [0.15, 0.2) is 153 Å². The number of anilines is 4. The molecule has 2 nitrogen and oxygen atoms in total. The molecule has 10 rings (SSSR count).